The van der Waals surface area contributed by atoms with Crippen LogP contribution in [-0.4, -0.2) is 40.8 Å². The van der Waals surface area contributed by atoms with Crippen LogP contribution >= 0.6 is 0 Å². The molecule has 2 heterocycles. The topological polar surface area (TPSA) is 44.0 Å². The van der Waals surface area contributed by atoms with Crippen molar-refractivity contribution in [1.82, 2.24) is 20.4 Å². The molecule has 19 heavy (non-hydrogen) atoms. The second-order valence-corrected chi connectivity index (χ2v) is 5.87. The normalized spacial score (nSPS) is 19.7. The number of H-pyrrole nitrogens is 1. The first-order valence-corrected chi connectivity index (χ1v) is 7.65. The fourth-order valence-corrected chi connectivity index (χ4v) is 2.98. The number of rotatable bonds is 6. The van der Waals surface area contributed by atoms with Crippen molar-refractivity contribution in [2.45, 2.75) is 52.6 Å². The summed E-state index contributed by atoms with van der Waals surface area (Å²) in [5, 5.41) is 10.7. The van der Waals surface area contributed by atoms with Gasteiger partial charge in [-0.2, -0.15) is 5.10 Å². The molecule has 0 spiro atoms. The summed E-state index contributed by atoms with van der Waals surface area (Å²) in [4.78, 5) is 2.60. The average Bonchev–Trinajstić information content (AvgIpc) is 2.83. The molecule has 1 aliphatic heterocycles. The highest BCUT2D eigenvalue weighted by Crippen LogP contribution is 2.21. The van der Waals surface area contributed by atoms with Crippen molar-refractivity contribution in [3.05, 3.63) is 17.5 Å². The third-order valence-corrected chi connectivity index (χ3v) is 4.43. The van der Waals surface area contributed by atoms with E-state index >= 15 is 0 Å². The lowest BCUT2D eigenvalue weighted by Crippen LogP contribution is -2.42. The third kappa shape index (κ3) is 4.05. The Labute approximate surface area is 117 Å². The molecule has 1 saturated heterocycles. The Morgan fingerprint density at radius 3 is 2.79 bits per heavy atom. The van der Waals surface area contributed by atoms with Crippen LogP contribution in [0.4, 0.5) is 0 Å². The lowest BCUT2D eigenvalue weighted by atomic mass is 9.90. The lowest BCUT2D eigenvalue weighted by molar-refractivity contribution is 0.162. The van der Waals surface area contributed by atoms with Crippen LogP contribution in [-0.2, 0) is 6.54 Å². The van der Waals surface area contributed by atoms with Gasteiger partial charge < -0.3 is 10.2 Å². The van der Waals surface area contributed by atoms with Gasteiger partial charge in [0.15, 0.2) is 0 Å². The first kappa shape index (κ1) is 14.5. The standard InChI is InChI=1S/C15H28N4/c1-4-7-19-8-5-14(6-9-19)12(2)16-10-15-11-17-18-13(15)3/h11-12,14,16H,4-10H2,1-3H3,(H,17,18). The van der Waals surface area contributed by atoms with Gasteiger partial charge in [-0.1, -0.05) is 6.92 Å². The molecule has 4 heteroatoms. The first-order chi connectivity index (χ1) is 9.20. The molecule has 4 nitrogen and oxygen atoms in total. The van der Waals surface area contributed by atoms with Gasteiger partial charge in [0.2, 0.25) is 0 Å². The maximum Gasteiger partial charge on any atom is 0.0535 e. The molecule has 0 aliphatic carbocycles. The van der Waals surface area contributed by atoms with E-state index in [0.717, 1.165) is 12.5 Å². The molecule has 0 amide bonds. The molecule has 1 aromatic rings. The van der Waals surface area contributed by atoms with E-state index in [0.29, 0.717) is 6.04 Å². The molecule has 1 aromatic heterocycles. The highest BCUT2D eigenvalue weighted by atomic mass is 15.1. The Balaban J connectivity index is 1.72. The quantitative estimate of drug-likeness (QED) is 0.829. The first-order valence-electron chi connectivity index (χ1n) is 7.65. The molecule has 1 atom stereocenters. The van der Waals surface area contributed by atoms with Gasteiger partial charge in [0.1, 0.15) is 0 Å². The average molecular weight is 264 g/mol. The van der Waals surface area contributed by atoms with Crippen LogP contribution in [0.1, 0.15) is 44.4 Å². The number of aryl methyl sites for hydroxylation is 1. The highest BCUT2D eigenvalue weighted by Gasteiger charge is 2.23. The highest BCUT2D eigenvalue weighted by molar-refractivity contribution is 5.13. The van der Waals surface area contributed by atoms with Crippen LogP contribution < -0.4 is 5.32 Å². The molecule has 0 aromatic carbocycles. The summed E-state index contributed by atoms with van der Waals surface area (Å²) in [6.45, 7) is 11.4. The maximum atomic E-state index is 4.07. The number of likely N-dealkylation sites (tertiary alicyclic amines) is 1. The van der Waals surface area contributed by atoms with Crippen molar-refractivity contribution in [3.63, 3.8) is 0 Å². The van der Waals surface area contributed by atoms with Crippen molar-refractivity contribution >= 4 is 0 Å². The fourth-order valence-electron chi connectivity index (χ4n) is 2.98. The van der Waals surface area contributed by atoms with Crippen LogP contribution in [0.3, 0.4) is 0 Å². The zero-order chi connectivity index (χ0) is 13.7. The molecule has 2 N–H and O–H groups in total. The molecule has 1 aliphatic rings. The molecule has 0 bridgehead atoms. The number of nitrogens with one attached hydrogen (secondary N) is 2. The minimum Gasteiger partial charge on any atom is -0.310 e. The summed E-state index contributed by atoms with van der Waals surface area (Å²) in [7, 11) is 0. The molecule has 0 radical (unpaired) electrons. The van der Waals surface area contributed by atoms with Crippen LogP contribution in [0, 0.1) is 12.8 Å². The van der Waals surface area contributed by atoms with Gasteiger partial charge in [0, 0.05) is 23.8 Å². The Morgan fingerprint density at radius 2 is 2.21 bits per heavy atom. The number of hydrogen-bond acceptors (Lipinski definition) is 3. The van der Waals surface area contributed by atoms with Crippen molar-refractivity contribution in [3.8, 4) is 0 Å². The summed E-state index contributed by atoms with van der Waals surface area (Å²) < 4.78 is 0. The van der Waals surface area contributed by atoms with Gasteiger partial charge in [0.05, 0.1) is 6.20 Å². The fraction of sp³-hybridized carbons (Fsp3) is 0.800. The van der Waals surface area contributed by atoms with Gasteiger partial charge >= 0.3 is 0 Å². The molecular weight excluding hydrogens is 236 g/mol. The molecule has 2 rings (SSSR count). The Hall–Kier alpha value is -0.870. The van der Waals surface area contributed by atoms with Gasteiger partial charge in [0.25, 0.3) is 0 Å². The van der Waals surface area contributed by atoms with Gasteiger partial charge in [-0.05, 0) is 58.7 Å². The van der Waals surface area contributed by atoms with Gasteiger partial charge in [-0.3, -0.25) is 5.10 Å². The monoisotopic (exact) mass is 264 g/mol. The summed E-state index contributed by atoms with van der Waals surface area (Å²) in [5.74, 6) is 0.820. The van der Waals surface area contributed by atoms with E-state index in [9.17, 15) is 0 Å². The zero-order valence-corrected chi connectivity index (χ0v) is 12.6. The minimum absolute atomic E-state index is 0.595. The van der Waals surface area contributed by atoms with Crippen molar-refractivity contribution < 1.29 is 0 Å². The van der Waals surface area contributed by atoms with Crippen LogP contribution in [0.2, 0.25) is 0 Å². The van der Waals surface area contributed by atoms with E-state index in [1.807, 2.05) is 6.20 Å². The molecular formula is C15H28N4. The number of aromatic nitrogens is 2. The van der Waals surface area contributed by atoms with E-state index in [1.165, 1.54) is 50.2 Å². The molecule has 108 valence electrons. The van der Waals surface area contributed by atoms with Gasteiger partial charge in [-0.25, -0.2) is 0 Å². The molecule has 0 saturated carbocycles. The van der Waals surface area contributed by atoms with E-state index in [4.69, 9.17) is 0 Å². The summed E-state index contributed by atoms with van der Waals surface area (Å²) >= 11 is 0. The van der Waals surface area contributed by atoms with Crippen molar-refractivity contribution in [2.75, 3.05) is 19.6 Å². The molecule has 1 unspecified atom stereocenters. The summed E-state index contributed by atoms with van der Waals surface area (Å²) in [5.41, 5.74) is 2.47. The van der Waals surface area contributed by atoms with E-state index in [-0.39, 0.29) is 0 Å². The zero-order valence-electron chi connectivity index (χ0n) is 12.6. The van der Waals surface area contributed by atoms with Crippen molar-refractivity contribution in [2.24, 2.45) is 5.92 Å². The number of piperidine rings is 1. The van der Waals surface area contributed by atoms with Crippen LogP contribution in [0.5, 0.6) is 0 Å². The third-order valence-electron chi connectivity index (χ3n) is 4.43. The SMILES string of the molecule is CCCN1CCC(C(C)NCc2cn[nH]c2C)CC1. The largest absolute Gasteiger partial charge is 0.310 e. The van der Waals surface area contributed by atoms with Crippen molar-refractivity contribution in [1.29, 1.82) is 0 Å². The number of aromatic amines is 1. The number of hydrogen-bond donors (Lipinski definition) is 2. The number of nitrogens with zero attached hydrogens (tertiary/aromatic N) is 2. The van der Waals surface area contributed by atoms with Crippen LogP contribution in [0.15, 0.2) is 6.20 Å². The minimum atomic E-state index is 0.595. The summed E-state index contributed by atoms with van der Waals surface area (Å²) in [6, 6.07) is 0.595. The van der Waals surface area contributed by atoms with Gasteiger partial charge in [-0.15, -0.1) is 0 Å². The van der Waals surface area contributed by atoms with E-state index < -0.39 is 0 Å². The Kier molecular flexibility index (Phi) is 5.40. The Bertz CT molecular complexity index is 366. The molecule has 1 fully saturated rings. The maximum absolute atomic E-state index is 4.07. The second-order valence-electron chi connectivity index (χ2n) is 5.87. The predicted octanol–water partition coefficient (Wildman–Crippen LogP) is 2.32. The van der Waals surface area contributed by atoms with E-state index in [1.54, 1.807) is 0 Å². The van der Waals surface area contributed by atoms with Crippen LogP contribution in [0.25, 0.3) is 0 Å². The predicted molar refractivity (Wildman–Crippen MR) is 79.1 cm³/mol. The van der Waals surface area contributed by atoms with E-state index in [2.05, 4.69) is 41.2 Å². The Morgan fingerprint density at radius 1 is 1.47 bits per heavy atom. The summed E-state index contributed by atoms with van der Waals surface area (Å²) in [6.07, 6.45) is 5.87. The second kappa shape index (κ2) is 7.06. The smallest absolute Gasteiger partial charge is 0.0535 e. The lowest BCUT2D eigenvalue weighted by Gasteiger charge is -2.35.